The van der Waals surface area contributed by atoms with Crippen LogP contribution in [0.15, 0.2) is 30.3 Å². The normalized spacial score (nSPS) is 19.5. The Labute approximate surface area is 148 Å². The van der Waals surface area contributed by atoms with Gasteiger partial charge in [0.05, 0.1) is 16.7 Å². The lowest BCUT2D eigenvalue weighted by atomic mass is 10.0. The summed E-state index contributed by atoms with van der Waals surface area (Å²) in [5.41, 5.74) is 0.783. The molecule has 1 saturated carbocycles. The first-order valence-corrected chi connectivity index (χ1v) is 9.30. The van der Waals surface area contributed by atoms with Crippen LogP contribution in [-0.4, -0.2) is 41.2 Å². The number of aliphatic hydroxyl groups is 1. The van der Waals surface area contributed by atoms with E-state index >= 15 is 0 Å². The Kier molecular flexibility index (Phi) is 4.34. The van der Waals surface area contributed by atoms with Gasteiger partial charge in [0.1, 0.15) is 5.82 Å². The molecule has 2 aliphatic rings. The Morgan fingerprint density at radius 2 is 1.88 bits per heavy atom. The van der Waals surface area contributed by atoms with Crippen molar-refractivity contribution in [2.45, 2.75) is 44.1 Å². The number of hydrogen-bond acceptors (Lipinski definition) is 4. The van der Waals surface area contributed by atoms with Gasteiger partial charge in [0.2, 0.25) is 0 Å². The van der Waals surface area contributed by atoms with Crippen molar-refractivity contribution >= 4 is 22.6 Å². The Morgan fingerprint density at radius 1 is 1.16 bits per heavy atom. The van der Waals surface area contributed by atoms with E-state index in [-0.39, 0.29) is 5.91 Å². The Hall–Kier alpha value is -2.14. The summed E-state index contributed by atoms with van der Waals surface area (Å²) in [6, 6.07) is 9.83. The minimum Gasteiger partial charge on any atom is -0.388 e. The summed E-state index contributed by atoms with van der Waals surface area (Å²) in [6.45, 7) is 2.20. The van der Waals surface area contributed by atoms with E-state index in [1.165, 1.54) is 0 Å². The Morgan fingerprint density at radius 3 is 2.64 bits per heavy atom. The van der Waals surface area contributed by atoms with E-state index in [2.05, 4.69) is 10.2 Å². The molecule has 2 aromatic rings. The van der Waals surface area contributed by atoms with Gasteiger partial charge in [0, 0.05) is 25.0 Å². The average Bonchev–Trinajstić information content (AvgIpc) is 3.31. The van der Waals surface area contributed by atoms with E-state index in [4.69, 9.17) is 4.98 Å². The monoisotopic (exact) mass is 339 g/mol. The van der Waals surface area contributed by atoms with Gasteiger partial charge in [-0.2, -0.15) is 0 Å². The number of amides is 1. The molecule has 5 heteroatoms. The largest absolute Gasteiger partial charge is 0.388 e. The number of carbonyl (C=O) groups is 1. The molecule has 5 nitrogen and oxygen atoms in total. The molecule has 2 fully saturated rings. The molecule has 0 radical (unpaired) electrons. The Bertz CT molecular complexity index is 778. The molecule has 1 aromatic carbocycles. The van der Waals surface area contributed by atoms with Gasteiger partial charge in [-0.1, -0.05) is 31.0 Å². The molecule has 4 rings (SSSR count). The number of nitrogens with zero attached hydrogens (tertiary/aromatic N) is 2. The van der Waals surface area contributed by atoms with Crippen molar-refractivity contribution in [3.63, 3.8) is 0 Å². The molecule has 0 bridgehead atoms. The average molecular weight is 339 g/mol. The first-order valence-electron chi connectivity index (χ1n) is 9.30. The summed E-state index contributed by atoms with van der Waals surface area (Å²) in [5, 5.41) is 14.4. The molecule has 0 unspecified atom stereocenters. The minimum atomic E-state index is -0.742. The minimum absolute atomic E-state index is 0.138. The van der Waals surface area contributed by atoms with Gasteiger partial charge >= 0.3 is 0 Å². The van der Waals surface area contributed by atoms with Crippen LogP contribution in [-0.2, 0) is 0 Å². The zero-order valence-corrected chi connectivity index (χ0v) is 14.5. The highest BCUT2D eigenvalue weighted by molar-refractivity contribution is 6.02. The molecule has 132 valence electrons. The second-order valence-electron chi connectivity index (χ2n) is 7.36. The molecular weight excluding hydrogens is 314 g/mol. The first-order chi connectivity index (χ1) is 12.1. The van der Waals surface area contributed by atoms with Crippen molar-refractivity contribution in [1.82, 2.24) is 10.3 Å². The smallest absolute Gasteiger partial charge is 0.255 e. The summed E-state index contributed by atoms with van der Waals surface area (Å²) in [5.74, 6) is 0.632. The van der Waals surface area contributed by atoms with Crippen LogP contribution in [0.3, 0.4) is 0 Å². The highest BCUT2D eigenvalue weighted by Crippen LogP contribution is 2.30. The first kappa shape index (κ1) is 16.3. The van der Waals surface area contributed by atoms with Crippen LogP contribution in [0.4, 0.5) is 5.82 Å². The topological polar surface area (TPSA) is 65.5 Å². The predicted molar refractivity (Wildman–Crippen MR) is 98.9 cm³/mol. The number of carbonyl (C=O) groups excluding carboxylic acids is 1. The number of benzene rings is 1. The van der Waals surface area contributed by atoms with E-state index in [9.17, 15) is 9.90 Å². The third kappa shape index (κ3) is 3.33. The van der Waals surface area contributed by atoms with Crippen molar-refractivity contribution in [2.75, 3.05) is 24.5 Å². The van der Waals surface area contributed by atoms with Crippen LogP contribution in [0, 0.1) is 0 Å². The molecule has 1 aliphatic heterocycles. The third-order valence-electron chi connectivity index (χ3n) is 5.47. The van der Waals surface area contributed by atoms with Crippen molar-refractivity contribution in [2.24, 2.45) is 0 Å². The molecule has 1 amide bonds. The van der Waals surface area contributed by atoms with E-state index in [1.807, 2.05) is 30.3 Å². The summed E-state index contributed by atoms with van der Waals surface area (Å²) < 4.78 is 0. The molecule has 1 aliphatic carbocycles. The second-order valence-corrected chi connectivity index (χ2v) is 7.36. The van der Waals surface area contributed by atoms with Gasteiger partial charge in [-0.05, 0) is 37.8 Å². The molecule has 25 heavy (non-hydrogen) atoms. The van der Waals surface area contributed by atoms with Gasteiger partial charge in [-0.25, -0.2) is 4.98 Å². The summed E-state index contributed by atoms with van der Waals surface area (Å²) in [7, 11) is 0. The van der Waals surface area contributed by atoms with Gasteiger partial charge in [-0.3, -0.25) is 4.79 Å². The van der Waals surface area contributed by atoms with Crippen LogP contribution in [0.1, 0.15) is 48.9 Å². The van der Waals surface area contributed by atoms with Crippen LogP contribution in [0.25, 0.3) is 10.9 Å². The maximum absolute atomic E-state index is 12.9. The molecule has 2 heterocycles. The van der Waals surface area contributed by atoms with Gasteiger partial charge in [0.25, 0.3) is 5.91 Å². The van der Waals surface area contributed by atoms with Crippen LogP contribution in [0.2, 0.25) is 0 Å². The van der Waals surface area contributed by atoms with E-state index in [0.717, 1.165) is 68.3 Å². The lowest BCUT2D eigenvalue weighted by Gasteiger charge is -2.24. The predicted octanol–water partition coefficient (Wildman–Crippen LogP) is 2.87. The molecule has 1 aromatic heterocycles. The summed E-state index contributed by atoms with van der Waals surface area (Å²) >= 11 is 0. The number of hydrogen-bond donors (Lipinski definition) is 2. The number of fused-ring (bicyclic) bond motifs is 1. The highest BCUT2D eigenvalue weighted by Gasteiger charge is 2.32. The maximum atomic E-state index is 12.9. The maximum Gasteiger partial charge on any atom is 0.255 e. The Balaban J connectivity index is 1.63. The molecular formula is C20H25N3O2. The van der Waals surface area contributed by atoms with Gasteiger partial charge < -0.3 is 15.3 Å². The quantitative estimate of drug-likeness (QED) is 0.899. The van der Waals surface area contributed by atoms with Crippen molar-refractivity contribution in [1.29, 1.82) is 0 Å². The van der Waals surface area contributed by atoms with Crippen LogP contribution in [0.5, 0.6) is 0 Å². The number of aromatic nitrogens is 1. The van der Waals surface area contributed by atoms with E-state index in [1.54, 1.807) is 0 Å². The lowest BCUT2D eigenvalue weighted by Crippen LogP contribution is -2.41. The van der Waals surface area contributed by atoms with Gasteiger partial charge in [0.15, 0.2) is 0 Å². The number of pyridine rings is 1. The summed E-state index contributed by atoms with van der Waals surface area (Å²) in [6.07, 6.45) is 5.86. The van der Waals surface area contributed by atoms with E-state index < -0.39 is 5.60 Å². The number of rotatable bonds is 4. The SMILES string of the molecule is O=C(NCC1(O)CCCC1)c1cc2ccccc2nc1N1CCCC1. The summed E-state index contributed by atoms with van der Waals surface area (Å²) in [4.78, 5) is 19.9. The second kappa shape index (κ2) is 6.64. The van der Waals surface area contributed by atoms with Crippen molar-refractivity contribution < 1.29 is 9.90 Å². The fraction of sp³-hybridized carbons (Fsp3) is 0.500. The van der Waals surface area contributed by atoms with Crippen molar-refractivity contribution in [3.8, 4) is 0 Å². The van der Waals surface area contributed by atoms with E-state index in [0.29, 0.717) is 12.1 Å². The fourth-order valence-corrected chi connectivity index (χ4v) is 3.99. The fourth-order valence-electron chi connectivity index (χ4n) is 3.99. The standard InChI is InChI=1S/C20H25N3O2/c24-19(21-14-20(25)9-3-4-10-20)16-13-15-7-1-2-8-17(15)22-18(16)23-11-5-6-12-23/h1-2,7-8,13,25H,3-6,9-12,14H2,(H,21,24). The van der Waals surface area contributed by atoms with Crippen LogP contribution >= 0.6 is 0 Å². The number of para-hydroxylation sites is 1. The zero-order valence-electron chi connectivity index (χ0n) is 14.5. The van der Waals surface area contributed by atoms with Crippen molar-refractivity contribution in [3.05, 3.63) is 35.9 Å². The lowest BCUT2D eigenvalue weighted by molar-refractivity contribution is 0.0450. The van der Waals surface area contributed by atoms with Crippen LogP contribution < -0.4 is 10.2 Å². The zero-order chi connectivity index (χ0) is 17.3. The molecule has 0 spiro atoms. The molecule has 0 atom stereocenters. The molecule has 1 saturated heterocycles. The van der Waals surface area contributed by atoms with Gasteiger partial charge in [-0.15, -0.1) is 0 Å². The molecule has 2 N–H and O–H groups in total. The number of anilines is 1. The highest BCUT2D eigenvalue weighted by atomic mass is 16.3. The third-order valence-corrected chi connectivity index (χ3v) is 5.47. The number of nitrogens with one attached hydrogen (secondary N) is 1.